The third kappa shape index (κ3) is 5.83. The standard InChI is InChI=1S/C25H24N2O3S/c28-24(29)10-9-21-8-6-19(17-27-25-26-12-14-31-25)16-23(21)30-13-11-18-5-7-20-3-1-2-4-22(20)15-18/h1-8,12,14-16H,9-11,13,17H2,(H,26,27)(H,28,29). The molecular weight excluding hydrogens is 408 g/mol. The van der Waals surface area contributed by atoms with Gasteiger partial charge >= 0.3 is 5.97 Å². The molecule has 1 aromatic heterocycles. The highest BCUT2D eigenvalue weighted by Gasteiger charge is 2.09. The molecular formula is C25H24N2O3S. The van der Waals surface area contributed by atoms with Crippen LogP contribution in [0.15, 0.2) is 72.2 Å². The molecule has 0 amide bonds. The molecule has 0 aliphatic rings. The number of thiazole rings is 1. The summed E-state index contributed by atoms with van der Waals surface area (Å²) in [6.07, 6.45) is 3.08. The molecule has 5 nitrogen and oxygen atoms in total. The summed E-state index contributed by atoms with van der Waals surface area (Å²) < 4.78 is 6.13. The number of ether oxygens (including phenoxy) is 1. The van der Waals surface area contributed by atoms with Crippen LogP contribution >= 0.6 is 11.3 Å². The summed E-state index contributed by atoms with van der Waals surface area (Å²) in [5, 5.41) is 17.6. The van der Waals surface area contributed by atoms with Crippen LogP contribution in [0, 0.1) is 0 Å². The first-order valence-electron chi connectivity index (χ1n) is 10.2. The van der Waals surface area contributed by atoms with Crippen LogP contribution in [-0.4, -0.2) is 22.7 Å². The molecule has 0 spiro atoms. The summed E-state index contributed by atoms with van der Waals surface area (Å²) in [6, 6.07) is 20.7. The predicted molar refractivity (Wildman–Crippen MR) is 125 cm³/mol. The van der Waals surface area contributed by atoms with Crippen molar-refractivity contribution < 1.29 is 14.6 Å². The van der Waals surface area contributed by atoms with Crippen LogP contribution in [0.4, 0.5) is 5.13 Å². The van der Waals surface area contributed by atoms with Crippen LogP contribution in [0.3, 0.4) is 0 Å². The quantitative estimate of drug-likeness (QED) is 0.344. The van der Waals surface area contributed by atoms with E-state index in [1.165, 1.54) is 16.3 Å². The molecule has 1 heterocycles. The van der Waals surface area contributed by atoms with Crippen molar-refractivity contribution in [2.75, 3.05) is 11.9 Å². The number of hydrogen-bond acceptors (Lipinski definition) is 5. The molecule has 158 valence electrons. The number of hydrogen-bond donors (Lipinski definition) is 2. The average molecular weight is 433 g/mol. The normalized spacial score (nSPS) is 10.8. The summed E-state index contributed by atoms with van der Waals surface area (Å²) in [5.74, 6) is -0.0582. The van der Waals surface area contributed by atoms with E-state index in [1.807, 2.05) is 35.7 Å². The van der Waals surface area contributed by atoms with Gasteiger partial charge in [-0.05, 0) is 39.9 Å². The zero-order valence-corrected chi connectivity index (χ0v) is 17.9. The smallest absolute Gasteiger partial charge is 0.303 e. The molecule has 6 heteroatoms. The van der Waals surface area contributed by atoms with E-state index in [-0.39, 0.29) is 6.42 Å². The number of nitrogens with zero attached hydrogens (tertiary/aromatic N) is 1. The Morgan fingerprint density at radius 3 is 2.65 bits per heavy atom. The molecule has 0 radical (unpaired) electrons. The van der Waals surface area contributed by atoms with Gasteiger partial charge in [0.2, 0.25) is 0 Å². The van der Waals surface area contributed by atoms with E-state index in [4.69, 9.17) is 9.84 Å². The predicted octanol–water partition coefficient (Wildman–Crippen LogP) is 5.55. The van der Waals surface area contributed by atoms with Gasteiger partial charge in [-0.1, -0.05) is 54.6 Å². The molecule has 0 saturated carbocycles. The summed E-state index contributed by atoms with van der Waals surface area (Å²) in [6.45, 7) is 1.16. The Hall–Kier alpha value is -3.38. The third-order valence-corrected chi connectivity index (χ3v) is 5.81. The first-order valence-corrected chi connectivity index (χ1v) is 11.1. The Kier molecular flexibility index (Phi) is 6.79. The molecule has 0 bridgehead atoms. The van der Waals surface area contributed by atoms with Gasteiger partial charge in [-0.2, -0.15) is 0 Å². The SMILES string of the molecule is O=C(O)CCc1ccc(CNc2nccs2)cc1OCCc1ccc2ccccc2c1. The van der Waals surface area contributed by atoms with Gasteiger partial charge in [0.25, 0.3) is 0 Å². The fourth-order valence-electron chi connectivity index (χ4n) is 3.45. The Morgan fingerprint density at radius 2 is 1.84 bits per heavy atom. The lowest BCUT2D eigenvalue weighted by molar-refractivity contribution is -0.136. The number of aliphatic carboxylic acids is 1. The number of carbonyl (C=O) groups is 1. The molecule has 4 aromatic rings. The summed E-state index contributed by atoms with van der Waals surface area (Å²) in [7, 11) is 0. The molecule has 0 aliphatic carbocycles. The van der Waals surface area contributed by atoms with Crippen LogP contribution in [0.5, 0.6) is 5.75 Å². The Labute approximate surface area is 185 Å². The highest BCUT2D eigenvalue weighted by molar-refractivity contribution is 7.13. The van der Waals surface area contributed by atoms with Gasteiger partial charge in [-0.15, -0.1) is 11.3 Å². The first kappa shape index (κ1) is 20.9. The molecule has 31 heavy (non-hydrogen) atoms. The number of fused-ring (bicyclic) bond motifs is 1. The van der Waals surface area contributed by atoms with Crippen LogP contribution in [0.25, 0.3) is 10.8 Å². The molecule has 0 aliphatic heterocycles. The molecule has 0 saturated heterocycles. The Morgan fingerprint density at radius 1 is 1.00 bits per heavy atom. The van der Waals surface area contributed by atoms with Crippen molar-refractivity contribution in [1.29, 1.82) is 0 Å². The van der Waals surface area contributed by atoms with Crippen molar-refractivity contribution in [3.63, 3.8) is 0 Å². The van der Waals surface area contributed by atoms with E-state index in [2.05, 4.69) is 40.6 Å². The number of anilines is 1. The highest BCUT2D eigenvalue weighted by Crippen LogP contribution is 2.24. The van der Waals surface area contributed by atoms with Crippen LogP contribution < -0.4 is 10.1 Å². The summed E-state index contributed by atoms with van der Waals surface area (Å²) in [5.41, 5.74) is 3.20. The topological polar surface area (TPSA) is 71.5 Å². The largest absolute Gasteiger partial charge is 0.493 e. The number of nitrogens with one attached hydrogen (secondary N) is 1. The lowest BCUT2D eigenvalue weighted by atomic mass is 10.0. The van der Waals surface area contributed by atoms with E-state index in [0.717, 1.165) is 28.4 Å². The van der Waals surface area contributed by atoms with Gasteiger partial charge in [0.15, 0.2) is 5.13 Å². The van der Waals surface area contributed by atoms with Gasteiger partial charge in [0.05, 0.1) is 6.61 Å². The molecule has 0 unspecified atom stereocenters. The van der Waals surface area contributed by atoms with E-state index in [9.17, 15) is 4.79 Å². The second-order valence-electron chi connectivity index (χ2n) is 7.31. The summed E-state index contributed by atoms with van der Waals surface area (Å²) >= 11 is 1.55. The van der Waals surface area contributed by atoms with Gasteiger partial charge in [-0.25, -0.2) is 4.98 Å². The number of carboxylic acids is 1. The van der Waals surface area contributed by atoms with E-state index in [0.29, 0.717) is 19.6 Å². The van der Waals surface area contributed by atoms with E-state index in [1.54, 1.807) is 17.5 Å². The van der Waals surface area contributed by atoms with E-state index < -0.39 is 5.97 Å². The lowest BCUT2D eigenvalue weighted by Gasteiger charge is -2.14. The van der Waals surface area contributed by atoms with Crippen LogP contribution in [0.1, 0.15) is 23.1 Å². The summed E-state index contributed by atoms with van der Waals surface area (Å²) in [4.78, 5) is 15.3. The fourth-order valence-corrected chi connectivity index (χ4v) is 3.98. The van der Waals surface area contributed by atoms with Crippen molar-refractivity contribution in [2.45, 2.75) is 25.8 Å². The maximum absolute atomic E-state index is 11.0. The van der Waals surface area contributed by atoms with Crippen molar-refractivity contribution in [3.05, 3.63) is 88.9 Å². The van der Waals surface area contributed by atoms with Gasteiger partial charge in [0.1, 0.15) is 5.75 Å². The van der Waals surface area contributed by atoms with Gasteiger partial charge in [-0.3, -0.25) is 4.79 Å². The zero-order valence-electron chi connectivity index (χ0n) is 17.1. The minimum atomic E-state index is -0.809. The number of benzene rings is 3. The first-order chi connectivity index (χ1) is 15.2. The Bertz CT molecular complexity index is 1160. The minimum absolute atomic E-state index is 0.0811. The molecule has 4 rings (SSSR count). The lowest BCUT2D eigenvalue weighted by Crippen LogP contribution is -2.07. The van der Waals surface area contributed by atoms with Gasteiger partial charge in [0, 0.05) is 31.0 Å². The second kappa shape index (κ2) is 10.1. The second-order valence-corrected chi connectivity index (χ2v) is 8.20. The third-order valence-electron chi connectivity index (χ3n) is 5.08. The number of aromatic nitrogens is 1. The van der Waals surface area contributed by atoms with E-state index >= 15 is 0 Å². The van der Waals surface area contributed by atoms with Crippen LogP contribution in [-0.2, 0) is 24.2 Å². The molecule has 0 atom stereocenters. The van der Waals surface area contributed by atoms with Crippen molar-refractivity contribution in [1.82, 2.24) is 4.98 Å². The molecule has 0 fully saturated rings. The van der Waals surface area contributed by atoms with Crippen LogP contribution in [0.2, 0.25) is 0 Å². The number of rotatable bonds is 10. The number of aryl methyl sites for hydroxylation is 1. The van der Waals surface area contributed by atoms with Crippen molar-refractivity contribution in [2.24, 2.45) is 0 Å². The monoisotopic (exact) mass is 432 g/mol. The zero-order chi connectivity index (χ0) is 21.5. The Balaban J connectivity index is 1.43. The van der Waals surface area contributed by atoms with Crippen molar-refractivity contribution >= 4 is 33.2 Å². The highest BCUT2D eigenvalue weighted by atomic mass is 32.1. The van der Waals surface area contributed by atoms with Gasteiger partial charge < -0.3 is 15.2 Å². The maximum Gasteiger partial charge on any atom is 0.303 e. The molecule has 3 aromatic carbocycles. The average Bonchev–Trinajstić information content (AvgIpc) is 3.30. The van der Waals surface area contributed by atoms with Crippen molar-refractivity contribution in [3.8, 4) is 5.75 Å². The molecule has 2 N–H and O–H groups in total. The fraction of sp³-hybridized carbons (Fsp3) is 0.200. The maximum atomic E-state index is 11.0. The minimum Gasteiger partial charge on any atom is -0.493 e. The number of carboxylic acid groups (broad SMARTS) is 1.